The molecule has 2 amide bonds. The van der Waals surface area contributed by atoms with Crippen molar-refractivity contribution in [1.82, 2.24) is 15.2 Å². The molecule has 0 spiro atoms. The van der Waals surface area contributed by atoms with Crippen LogP contribution in [0.4, 0.5) is 4.79 Å². The minimum absolute atomic E-state index is 0.0579. The van der Waals surface area contributed by atoms with Crippen LogP contribution < -0.4 is 5.32 Å². The lowest BCUT2D eigenvalue weighted by molar-refractivity contribution is -0.139. The molecule has 1 heterocycles. The van der Waals surface area contributed by atoms with Gasteiger partial charge in [-0.05, 0) is 19.1 Å². The number of carboxylic acid groups (broad SMARTS) is 1. The van der Waals surface area contributed by atoms with Crippen molar-refractivity contribution in [3.8, 4) is 12.3 Å². The van der Waals surface area contributed by atoms with Crippen LogP contribution in [-0.4, -0.2) is 40.1 Å². The number of nitrogens with one attached hydrogen (secondary N) is 1. The van der Waals surface area contributed by atoms with E-state index in [0.29, 0.717) is 0 Å². The minimum atomic E-state index is -1.15. The van der Waals surface area contributed by atoms with Gasteiger partial charge in [-0.3, -0.25) is 4.98 Å². The molecule has 6 nitrogen and oxygen atoms in total. The number of pyridine rings is 1. The van der Waals surface area contributed by atoms with E-state index in [4.69, 9.17) is 11.5 Å². The number of carbonyl (C=O) groups excluding carboxylic acids is 1. The van der Waals surface area contributed by atoms with Crippen molar-refractivity contribution in [1.29, 1.82) is 0 Å². The Morgan fingerprint density at radius 1 is 1.55 bits per heavy atom. The van der Waals surface area contributed by atoms with Crippen LogP contribution in [0.3, 0.4) is 0 Å². The van der Waals surface area contributed by atoms with Crippen LogP contribution >= 0.6 is 0 Å². The standard InChI is InChI=1S/C14H17N3O3/c1-4-6-12(13(18)19)16-14(20)17(3)9-11-8-5-7-10(2)15-11/h1,5,7-8,12H,6,9H2,2-3H3,(H,16,20)(H,18,19). The molecule has 1 rings (SSSR count). The summed E-state index contributed by atoms with van der Waals surface area (Å²) in [6.07, 6.45) is 5.01. The van der Waals surface area contributed by atoms with Crippen molar-refractivity contribution in [3.05, 3.63) is 29.6 Å². The molecule has 0 aliphatic carbocycles. The molecule has 0 aliphatic rings. The Kier molecular flexibility index (Phi) is 5.54. The molecular weight excluding hydrogens is 258 g/mol. The molecule has 1 aromatic rings. The molecule has 0 radical (unpaired) electrons. The first-order valence-electron chi connectivity index (χ1n) is 6.04. The van der Waals surface area contributed by atoms with E-state index in [2.05, 4.69) is 16.2 Å². The number of nitrogens with zero attached hydrogens (tertiary/aromatic N) is 2. The van der Waals surface area contributed by atoms with Crippen LogP contribution in [0.1, 0.15) is 17.8 Å². The fourth-order valence-corrected chi connectivity index (χ4v) is 1.58. The zero-order chi connectivity index (χ0) is 15.1. The topological polar surface area (TPSA) is 82.5 Å². The highest BCUT2D eigenvalue weighted by Crippen LogP contribution is 2.02. The molecule has 106 valence electrons. The van der Waals surface area contributed by atoms with Crippen molar-refractivity contribution >= 4 is 12.0 Å². The lowest BCUT2D eigenvalue weighted by Crippen LogP contribution is -2.46. The first-order valence-corrected chi connectivity index (χ1v) is 6.04. The van der Waals surface area contributed by atoms with Gasteiger partial charge < -0.3 is 15.3 Å². The van der Waals surface area contributed by atoms with Crippen molar-refractivity contribution < 1.29 is 14.7 Å². The lowest BCUT2D eigenvalue weighted by Gasteiger charge is -2.20. The number of rotatable bonds is 5. The molecule has 0 aliphatic heterocycles. The van der Waals surface area contributed by atoms with Crippen molar-refractivity contribution in [2.24, 2.45) is 0 Å². The largest absolute Gasteiger partial charge is 0.480 e. The van der Waals surface area contributed by atoms with Gasteiger partial charge in [-0.2, -0.15) is 0 Å². The first kappa shape index (κ1) is 15.5. The van der Waals surface area contributed by atoms with Crippen molar-refractivity contribution in [3.63, 3.8) is 0 Å². The molecule has 6 heteroatoms. The molecule has 0 aromatic carbocycles. The smallest absolute Gasteiger partial charge is 0.327 e. The third-order valence-corrected chi connectivity index (χ3v) is 2.61. The number of hydrogen-bond donors (Lipinski definition) is 2. The van der Waals surface area contributed by atoms with Gasteiger partial charge in [0.05, 0.1) is 12.2 Å². The molecule has 2 N–H and O–H groups in total. The van der Waals surface area contributed by atoms with Gasteiger partial charge in [0.1, 0.15) is 6.04 Å². The van der Waals surface area contributed by atoms with Crippen LogP contribution in [-0.2, 0) is 11.3 Å². The Hall–Kier alpha value is -2.55. The summed E-state index contributed by atoms with van der Waals surface area (Å²) in [5.41, 5.74) is 1.58. The zero-order valence-corrected chi connectivity index (χ0v) is 11.5. The number of aliphatic carboxylic acids is 1. The maximum atomic E-state index is 11.9. The Morgan fingerprint density at radius 3 is 2.80 bits per heavy atom. The van der Waals surface area contributed by atoms with E-state index in [1.807, 2.05) is 19.1 Å². The van der Waals surface area contributed by atoms with Gasteiger partial charge >= 0.3 is 12.0 Å². The molecular formula is C14H17N3O3. The highest BCUT2D eigenvalue weighted by Gasteiger charge is 2.20. The van der Waals surface area contributed by atoms with Crippen molar-refractivity contribution in [2.45, 2.75) is 25.9 Å². The van der Waals surface area contributed by atoms with E-state index in [0.717, 1.165) is 11.4 Å². The third kappa shape index (κ3) is 4.61. The van der Waals surface area contributed by atoms with E-state index < -0.39 is 18.0 Å². The fraction of sp³-hybridized carbons (Fsp3) is 0.357. The third-order valence-electron chi connectivity index (χ3n) is 2.61. The van der Waals surface area contributed by atoms with Gasteiger partial charge in [0, 0.05) is 19.2 Å². The van der Waals surface area contributed by atoms with Gasteiger partial charge in [-0.1, -0.05) is 6.07 Å². The predicted molar refractivity (Wildman–Crippen MR) is 73.8 cm³/mol. The van der Waals surface area contributed by atoms with E-state index in [1.165, 1.54) is 4.90 Å². The molecule has 0 saturated heterocycles. The number of amides is 2. The molecule has 20 heavy (non-hydrogen) atoms. The van der Waals surface area contributed by atoms with Gasteiger partial charge in [0.2, 0.25) is 0 Å². The Bertz CT molecular complexity index is 537. The second-order valence-corrected chi connectivity index (χ2v) is 4.37. The van der Waals surface area contributed by atoms with Crippen LogP contribution in [0.2, 0.25) is 0 Å². The number of terminal acetylenes is 1. The lowest BCUT2D eigenvalue weighted by atomic mass is 10.2. The van der Waals surface area contributed by atoms with E-state index in [9.17, 15) is 9.59 Å². The second kappa shape index (κ2) is 7.14. The maximum Gasteiger partial charge on any atom is 0.327 e. The number of aromatic nitrogens is 1. The van der Waals surface area contributed by atoms with Gasteiger partial charge in [-0.15, -0.1) is 12.3 Å². The Morgan fingerprint density at radius 2 is 2.25 bits per heavy atom. The van der Waals surface area contributed by atoms with Crippen LogP contribution in [0.25, 0.3) is 0 Å². The summed E-state index contributed by atoms with van der Waals surface area (Å²) in [4.78, 5) is 28.4. The summed E-state index contributed by atoms with van der Waals surface area (Å²) in [5, 5.41) is 11.3. The summed E-state index contributed by atoms with van der Waals surface area (Å²) in [6.45, 7) is 2.15. The molecule has 1 unspecified atom stereocenters. The van der Waals surface area contributed by atoms with E-state index in [-0.39, 0.29) is 13.0 Å². The highest BCUT2D eigenvalue weighted by molar-refractivity contribution is 5.82. The average Bonchev–Trinajstić information content (AvgIpc) is 2.37. The number of aryl methyl sites for hydroxylation is 1. The molecule has 1 aromatic heterocycles. The van der Waals surface area contributed by atoms with Crippen LogP contribution in [0.5, 0.6) is 0 Å². The molecule has 0 saturated carbocycles. The maximum absolute atomic E-state index is 11.9. The average molecular weight is 275 g/mol. The molecule has 1 atom stereocenters. The number of carboxylic acids is 1. The highest BCUT2D eigenvalue weighted by atomic mass is 16.4. The van der Waals surface area contributed by atoms with E-state index in [1.54, 1.807) is 13.1 Å². The Labute approximate surface area is 117 Å². The summed E-state index contributed by atoms with van der Waals surface area (Å²) < 4.78 is 0. The summed E-state index contributed by atoms with van der Waals surface area (Å²) >= 11 is 0. The van der Waals surface area contributed by atoms with Gasteiger partial charge in [0.25, 0.3) is 0 Å². The van der Waals surface area contributed by atoms with Crippen molar-refractivity contribution in [2.75, 3.05) is 7.05 Å². The quantitative estimate of drug-likeness (QED) is 0.786. The van der Waals surface area contributed by atoms with Gasteiger partial charge in [-0.25, -0.2) is 9.59 Å². The fourth-order valence-electron chi connectivity index (χ4n) is 1.58. The minimum Gasteiger partial charge on any atom is -0.480 e. The number of hydrogen-bond acceptors (Lipinski definition) is 3. The first-order chi connectivity index (χ1) is 9.43. The summed E-state index contributed by atoms with van der Waals surface area (Å²) in [7, 11) is 1.56. The summed E-state index contributed by atoms with van der Waals surface area (Å²) in [6, 6.07) is 3.92. The SMILES string of the molecule is C#CCC(NC(=O)N(C)Cc1cccc(C)n1)C(=O)O. The predicted octanol–water partition coefficient (Wildman–Crippen LogP) is 1.01. The summed E-state index contributed by atoms with van der Waals surface area (Å²) in [5.74, 6) is 1.07. The van der Waals surface area contributed by atoms with Crippen LogP contribution in [0, 0.1) is 19.3 Å². The van der Waals surface area contributed by atoms with E-state index >= 15 is 0 Å². The van der Waals surface area contributed by atoms with Crippen LogP contribution in [0.15, 0.2) is 18.2 Å². The Balaban J connectivity index is 2.63. The normalized spacial score (nSPS) is 11.2. The number of carbonyl (C=O) groups is 2. The number of urea groups is 1. The molecule has 0 bridgehead atoms. The van der Waals surface area contributed by atoms with Gasteiger partial charge in [0.15, 0.2) is 0 Å². The zero-order valence-electron chi connectivity index (χ0n) is 11.5. The molecule has 0 fully saturated rings. The second-order valence-electron chi connectivity index (χ2n) is 4.37. The monoisotopic (exact) mass is 275 g/mol.